The minimum Gasteiger partial charge on any atom is -0.450 e. The van der Waals surface area contributed by atoms with Gasteiger partial charge in [-0.2, -0.15) is 0 Å². The van der Waals surface area contributed by atoms with Crippen molar-refractivity contribution in [3.05, 3.63) is 29.0 Å². The fraction of sp³-hybridized carbons (Fsp3) is 0.500. The van der Waals surface area contributed by atoms with Crippen molar-refractivity contribution in [1.82, 2.24) is 10.2 Å². The van der Waals surface area contributed by atoms with Crippen LogP contribution >= 0.6 is 11.6 Å². The second-order valence-corrected chi connectivity index (χ2v) is 5.92. The Bertz CT molecular complexity index is 592. The SMILES string of the molecule is CCOC(=O)N1CCC(NC(=O)CNc2ccc(F)c(Cl)c2)CC1. The highest BCUT2D eigenvalue weighted by Crippen LogP contribution is 2.19. The van der Waals surface area contributed by atoms with Crippen LogP contribution in [0.5, 0.6) is 0 Å². The summed E-state index contributed by atoms with van der Waals surface area (Å²) in [6, 6.07) is 4.23. The van der Waals surface area contributed by atoms with Crippen molar-refractivity contribution in [2.75, 3.05) is 31.6 Å². The van der Waals surface area contributed by atoms with E-state index in [2.05, 4.69) is 10.6 Å². The van der Waals surface area contributed by atoms with Gasteiger partial charge >= 0.3 is 6.09 Å². The number of carbonyl (C=O) groups is 2. The Balaban J connectivity index is 1.71. The van der Waals surface area contributed by atoms with Crippen molar-refractivity contribution in [2.24, 2.45) is 0 Å². The molecular formula is C16H21ClFN3O3. The Kier molecular flexibility index (Phi) is 6.66. The van der Waals surface area contributed by atoms with Crippen molar-refractivity contribution in [1.29, 1.82) is 0 Å². The van der Waals surface area contributed by atoms with E-state index in [0.717, 1.165) is 0 Å². The molecule has 1 aromatic carbocycles. The van der Waals surface area contributed by atoms with Gasteiger partial charge in [-0.15, -0.1) is 0 Å². The predicted octanol–water partition coefficient (Wildman–Crippen LogP) is 2.63. The van der Waals surface area contributed by atoms with Gasteiger partial charge in [0.25, 0.3) is 0 Å². The average molecular weight is 358 g/mol. The highest BCUT2D eigenvalue weighted by atomic mass is 35.5. The Morgan fingerprint density at radius 2 is 2.08 bits per heavy atom. The number of halogens is 2. The van der Waals surface area contributed by atoms with Crippen LogP contribution in [0.25, 0.3) is 0 Å². The van der Waals surface area contributed by atoms with Crippen LogP contribution in [0.15, 0.2) is 18.2 Å². The van der Waals surface area contributed by atoms with Gasteiger partial charge in [0, 0.05) is 24.8 Å². The van der Waals surface area contributed by atoms with Gasteiger partial charge in [0.1, 0.15) is 5.82 Å². The van der Waals surface area contributed by atoms with E-state index in [1.165, 1.54) is 18.2 Å². The smallest absolute Gasteiger partial charge is 0.409 e. The van der Waals surface area contributed by atoms with E-state index in [9.17, 15) is 14.0 Å². The van der Waals surface area contributed by atoms with Crippen molar-refractivity contribution in [3.8, 4) is 0 Å². The van der Waals surface area contributed by atoms with E-state index in [1.54, 1.807) is 11.8 Å². The molecule has 1 aromatic rings. The molecule has 0 saturated carbocycles. The first kappa shape index (κ1) is 18.3. The molecule has 0 aromatic heterocycles. The molecule has 0 atom stereocenters. The lowest BCUT2D eigenvalue weighted by molar-refractivity contribution is -0.120. The molecule has 6 nitrogen and oxygen atoms in total. The van der Waals surface area contributed by atoms with Crippen LogP contribution in [-0.4, -0.2) is 49.2 Å². The lowest BCUT2D eigenvalue weighted by Gasteiger charge is -2.31. The molecule has 0 radical (unpaired) electrons. The molecule has 24 heavy (non-hydrogen) atoms. The van der Waals surface area contributed by atoms with Crippen LogP contribution in [0.3, 0.4) is 0 Å². The number of anilines is 1. The van der Waals surface area contributed by atoms with Crippen LogP contribution < -0.4 is 10.6 Å². The quantitative estimate of drug-likeness (QED) is 0.849. The molecule has 1 aliphatic rings. The summed E-state index contributed by atoms with van der Waals surface area (Å²) in [6.45, 7) is 3.32. The first-order valence-corrected chi connectivity index (χ1v) is 8.27. The van der Waals surface area contributed by atoms with Crippen molar-refractivity contribution in [3.63, 3.8) is 0 Å². The van der Waals surface area contributed by atoms with E-state index in [0.29, 0.717) is 38.2 Å². The number of benzene rings is 1. The van der Waals surface area contributed by atoms with Crippen LogP contribution in [0.4, 0.5) is 14.9 Å². The largest absolute Gasteiger partial charge is 0.450 e. The zero-order valence-electron chi connectivity index (χ0n) is 13.5. The standard InChI is InChI=1S/C16H21ClFN3O3/c1-2-24-16(23)21-7-5-11(6-8-21)20-15(22)10-19-12-3-4-14(18)13(17)9-12/h3-4,9,11,19H,2,5-8,10H2,1H3,(H,20,22). The monoisotopic (exact) mass is 357 g/mol. The normalized spacial score (nSPS) is 15.0. The lowest BCUT2D eigenvalue weighted by atomic mass is 10.1. The second kappa shape index (κ2) is 8.73. The summed E-state index contributed by atoms with van der Waals surface area (Å²) in [5.74, 6) is -0.662. The van der Waals surface area contributed by atoms with E-state index in [1.807, 2.05) is 0 Å². The summed E-state index contributed by atoms with van der Waals surface area (Å²) in [5.41, 5.74) is 0.577. The Morgan fingerprint density at radius 1 is 1.38 bits per heavy atom. The van der Waals surface area contributed by atoms with Crippen LogP contribution in [0.1, 0.15) is 19.8 Å². The zero-order chi connectivity index (χ0) is 17.5. The van der Waals surface area contributed by atoms with Gasteiger partial charge in [-0.1, -0.05) is 11.6 Å². The summed E-state index contributed by atoms with van der Waals surface area (Å²) >= 11 is 5.69. The molecular weight excluding hydrogens is 337 g/mol. The maximum absolute atomic E-state index is 13.1. The fourth-order valence-electron chi connectivity index (χ4n) is 2.49. The summed E-state index contributed by atoms with van der Waals surface area (Å²) in [4.78, 5) is 25.2. The molecule has 8 heteroatoms. The molecule has 0 unspecified atom stereocenters. The van der Waals surface area contributed by atoms with Crippen LogP contribution in [-0.2, 0) is 9.53 Å². The third-order valence-electron chi connectivity index (χ3n) is 3.76. The van der Waals surface area contributed by atoms with Gasteiger partial charge in [0.15, 0.2) is 0 Å². The minimum atomic E-state index is -0.500. The fourth-order valence-corrected chi connectivity index (χ4v) is 2.67. The second-order valence-electron chi connectivity index (χ2n) is 5.51. The van der Waals surface area contributed by atoms with Gasteiger partial charge in [0.05, 0.1) is 18.2 Å². The van der Waals surface area contributed by atoms with Gasteiger partial charge in [-0.3, -0.25) is 4.79 Å². The molecule has 2 rings (SSSR count). The Hall–Kier alpha value is -2.02. The third-order valence-corrected chi connectivity index (χ3v) is 4.05. The predicted molar refractivity (Wildman–Crippen MR) is 89.7 cm³/mol. The number of amides is 2. The third kappa shape index (κ3) is 5.26. The van der Waals surface area contributed by atoms with Crippen molar-refractivity contribution >= 4 is 29.3 Å². The van der Waals surface area contributed by atoms with E-state index < -0.39 is 5.82 Å². The molecule has 1 saturated heterocycles. The van der Waals surface area contributed by atoms with Gasteiger partial charge in [-0.25, -0.2) is 9.18 Å². The number of rotatable bonds is 5. The van der Waals surface area contributed by atoms with Crippen molar-refractivity contribution in [2.45, 2.75) is 25.8 Å². The number of likely N-dealkylation sites (tertiary alicyclic amines) is 1. The molecule has 1 fully saturated rings. The molecule has 0 spiro atoms. The number of nitrogens with zero attached hydrogens (tertiary/aromatic N) is 1. The molecule has 1 heterocycles. The number of piperidine rings is 1. The number of ether oxygens (including phenoxy) is 1. The number of carbonyl (C=O) groups excluding carboxylic acids is 2. The maximum Gasteiger partial charge on any atom is 0.409 e. The number of hydrogen-bond donors (Lipinski definition) is 2. The molecule has 0 aliphatic carbocycles. The summed E-state index contributed by atoms with van der Waals surface area (Å²) < 4.78 is 18.0. The number of nitrogens with one attached hydrogen (secondary N) is 2. The minimum absolute atomic E-state index is 0.00625. The van der Waals surface area contributed by atoms with Gasteiger partial charge in [-0.05, 0) is 38.0 Å². The lowest BCUT2D eigenvalue weighted by Crippen LogP contribution is -2.47. The van der Waals surface area contributed by atoms with Crippen LogP contribution in [0.2, 0.25) is 5.02 Å². The average Bonchev–Trinajstić information content (AvgIpc) is 2.57. The highest BCUT2D eigenvalue weighted by Gasteiger charge is 2.24. The Morgan fingerprint density at radius 3 is 2.71 bits per heavy atom. The van der Waals surface area contributed by atoms with Crippen molar-refractivity contribution < 1.29 is 18.7 Å². The van der Waals surface area contributed by atoms with E-state index >= 15 is 0 Å². The van der Waals surface area contributed by atoms with Crippen LogP contribution in [0, 0.1) is 5.82 Å². The zero-order valence-corrected chi connectivity index (χ0v) is 14.2. The first-order chi connectivity index (χ1) is 11.5. The molecule has 1 aliphatic heterocycles. The summed E-state index contributed by atoms with van der Waals surface area (Å²) in [7, 11) is 0. The number of hydrogen-bond acceptors (Lipinski definition) is 4. The van der Waals surface area contributed by atoms with Gasteiger partial charge in [0.2, 0.25) is 5.91 Å². The topological polar surface area (TPSA) is 70.7 Å². The summed E-state index contributed by atoms with van der Waals surface area (Å²) in [5, 5.41) is 5.82. The molecule has 2 amide bonds. The molecule has 0 bridgehead atoms. The first-order valence-electron chi connectivity index (χ1n) is 7.89. The van der Waals surface area contributed by atoms with E-state index in [-0.39, 0.29) is 29.6 Å². The highest BCUT2D eigenvalue weighted by molar-refractivity contribution is 6.31. The van der Waals surface area contributed by atoms with E-state index in [4.69, 9.17) is 16.3 Å². The Labute approximate surface area is 145 Å². The molecule has 132 valence electrons. The maximum atomic E-state index is 13.1. The summed E-state index contributed by atoms with van der Waals surface area (Å²) in [6.07, 6.45) is 1.07. The van der Waals surface area contributed by atoms with Gasteiger partial charge < -0.3 is 20.3 Å². The molecule has 2 N–H and O–H groups in total.